The van der Waals surface area contributed by atoms with Crippen LogP contribution in [-0.4, -0.2) is 47.8 Å². The Hall–Kier alpha value is -2.67. The molecule has 1 saturated heterocycles. The van der Waals surface area contributed by atoms with Gasteiger partial charge in [0.1, 0.15) is 5.54 Å². The molecule has 7 heteroatoms. The van der Waals surface area contributed by atoms with Gasteiger partial charge in [-0.3, -0.25) is 14.3 Å². The van der Waals surface area contributed by atoms with Crippen LogP contribution in [0.25, 0.3) is 0 Å². The van der Waals surface area contributed by atoms with Crippen molar-refractivity contribution in [3.63, 3.8) is 0 Å². The summed E-state index contributed by atoms with van der Waals surface area (Å²) in [7, 11) is 0. The molecule has 0 spiro atoms. The lowest BCUT2D eigenvalue weighted by atomic mass is 9.87. The highest BCUT2D eigenvalue weighted by molar-refractivity contribution is 5.94. The Morgan fingerprint density at radius 1 is 1.15 bits per heavy atom. The number of hydrogen-bond acceptors (Lipinski definition) is 4. The quantitative estimate of drug-likeness (QED) is 0.670. The normalized spacial score (nSPS) is 16.0. The molecule has 0 unspecified atom stereocenters. The van der Waals surface area contributed by atoms with Crippen molar-refractivity contribution in [3.8, 4) is 0 Å². The zero-order chi connectivity index (χ0) is 18.4. The molecule has 138 valence electrons. The Morgan fingerprint density at radius 3 is 2.50 bits per heavy atom. The van der Waals surface area contributed by atoms with Gasteiger partial charge in [-0.25, -0.2) is 0 Å². The lowest BCUT2D eigenvalue weighted by Gasteiger charge is -2.36. The molecule has 0 atom stereocenters. The van der Waals surface area contributed by atoms with Crippen LogP contribution in [0.4, 0.5) is 0 Å². The average molecular weight is 355 g/mol. The molecule has 2 aromatic rings. The van der Waals surface area contributed by atoms with Crippen LogP contribution in [-0.2, 0) is 10.3 Å². The molecule has 1 aromatic heterocycles. The van der Waals surface area contributed by atoms with Crippen LogP contribution >= 0.6 is 0 Å². The van der Waals surface area contributed by atoms with Crippen molar-refractivity contribution in [2.75, 3.05) is 26.2 Å². The maximum absolute atomic E-state index is 12.9. The first kappa shape index (κ1) is 18.1. The minimum Gasteiger partial charge on any atom is -0.352 e. The summed E-state index contributed by atoms with van der Waals surface area (Å²) in [5, 5.41) is 13.4. The summed E-state index contributed by atoms with van der Waals surface area (Å²) >= 11 is 0. The summed E-state index contributed by atoms with van der Waals surface area (Å²) in [6.07, 6.45) is 4.91. The van der Waals surface area contributed by atoms with Crippen molar-refractivity contribution in [2.24, 2.45) is 0 Å². The van der Waals surface area contributed by atoms with E-state index in [1.165, 1.54) is 0 Å². The number of carbonyl (C=O) groups excluding carboxylic acids is 2. The number of nitrogens with zero attached hydrogens (tertiary/aromatic N) is 2. The molecule has 1 aliphatic rings. The van der Waals surface area contributed by atoms with Gasteiger partial charge in [-0.2, -0.15) is 5.10 Å². The molecule has 2 heterocycles. The largest absolute Gasteiger partial charge is 0.352 e. The molecule has 3 N–H and O–H groups in total. The van der Waals surface area contributed by atoms with Crippen LogP contribution < -0.4 is 16.0 Å². The topological polar surface area (TPSA) is 88.1 Å². The van der Waals surface area contributed by atoms with Gasteiger partial charge in [0, 0.05) is 31.0 Å². The molecule has 1 aromatic carbocycles. The Kier molecular flexibility index (Phi) is 5.68. The first-order valence-electron chi connectivity index (χ1n) is 8.96. The first-order chi connectivity index (χ1) is 12.6. The smallest absolute Gasteiger partial charge is 0.251 e. The van der Waals surface area contributed by atoms with Crippen LogP contribution in [0.5, 0.6) is 0 Å². The highest BCUT2D eigenvalue weighted by atomic mass is 16.2. The van der Waals surface area contributed by atoms with Crippen molar-refractivity contribution >= 4 is 11.8 Å². The molecular formula is C19H25N5O2. The fourth-order valence-electron chi connectivity index (χ4n) is 3.25. The molecular weight excluding hydrogens is 330 g/mol. The maximum atomic E-state index is 12.9. The van der Waals surface area contributed by atoms with Gasteiger partial charge in [0.15, 0.2) is 0 Å². The number of aryl methyl sites for hydroxylation is 1. The fraction of sp³-hybridized carbons (Fsp3) is 0.421. The van der Waals surface area contributed by atoms with Gasteiger partial charge < -0.3 is 16.0 Å². The van der Waals surface area contributed by atoms with E-state index in [1.807, 2.05) is 31.3 Å². The number of benzene rings is 1. The van der Waals surface area contributed by atoms with E-state index in [0.717, 1.165) is 18.7 Å². The number of aromatic nitrogens is 2. The van der Waals surface area contributed by atoms with Crippen LogP contribution in [0.2, 0.25) is 0 Å². The molecule has 0 aliphatic carbocycles. The lowest BCUT2D eigenvalue weighted by molar-refractivity contribution is -0.131. The average Bonchev–Trinajstić information content (AvgIpc) is 3.21. The molecule has 2 amide bonds. The molecule has 26 heavy (non-hydrogen) atoms. The van der Waals surface area contributed by atoms with E-state index >= 15 is 0 Å². The molecule has 0 radical (unpaired) electrons. The van der Waals surface area contributed by atoms with Crippen molar-refractivity contribution < 1.29 is 9.59 Å². The second kappa shape index (κ2) is 8.14. The predicted molar refractivity (Wildman–Crippen MR) is 98.8 cm³/mol. The van der Waals surface area contributed by atoms with Gasteiger partial charge in [-0.15, -0.1) is 0 Å². The fourth-order valence-corrected chi connectivity index (χ4v) is 3.25. The third-order valence-electron chi connectivity index (χ3n) is 4.81. The minimum atomic E-state index is -0.657. The Bertz CT molecular complexity index is 734. The summed E-state index contributed by atoms with van der Waals surface area (Å²) in [5.41, 5.74) is 1.07. The summed E-state index contributed by atoms with van der Waals surface area (Å²) in [6, 6.07) is 9.23. The number of amides is 2. The lowest BCUT2D eigenvalue weighted by Crippen LogP contribution is -2.55. The third-order valence-corrected chi connectivity index (χ3v) is 4.81. The second-order valence-corrected chi connectivity index (χ2v) is 6.61. The SMILES string of the molecule is Cc1ccc(C(=O)NCCNC(=O)C2(n3cccn3)CCNCC2)cc1. The Morgan fingerprint density at radius 2 is 1.85 bits per heavy atom. The highest BCUT2D eigenvalue weighted by Crippen LogP contribution is 2.26. The zero-order valence-corrected chi connectivity index (χ0v) is 15.0. The van der Waals surface area contributed by atoms with Crippen LogP contribution in [0.15, 0.2) is 42.7 Å². The molecule has 0 bridgehead atoms. The summed E-state index contributed by atoms with van der Waals surface area (Å²) in [4.78, 5) is 25.0. The van der Waals surface area contributed by atoms with Crippen LogP contribution in [0, 0.1) is 6.92 Å². The van der Waals surface area contributed by atoms with E-state index in [4.69, 9.17) is 0 Å². The van der Waals surface area contributed by atoms with E-state index in [2.05, 4.69) is 21.0 Å². The van der Waals surface area contributed by atoms with E-state index < -0.39 is 5.54 Å². The minimum absolute atomic E-state index is 0.0488. The second-order valence-electron chi connectivity index (χ2n) is 6.61. The maximum Gasteiger partial charge on any atom is 0.251 e. The summed E-state index contributed by atoms with van der Waals surface area (Å²) in [5.74, 6) is -0.185. The molecule has 0 saturated carbocycles. The molecule has 1 fully saturated rings. The van der Waals surface area contributed by atoms with Crippen molar-refractivity contribution in [1.29, 1.82) is 0 Å². The van der Waals surface area contributed by atoms with Gasteiger partial charge in [-0.05, 0) is 51.1 Å². The van der Waals surface area contributed by atoms with Crippen molar-refractivity contribution in [1.82, 2.24) is 25.7 Å². The molecule has 1 aliphatic heterocycles. The number of piperidine rings is 1. The van der Waals surface area contributed by atoms with E-state index in [-0.39, 0.29) is 11.8 Å². The first-order valence-corrected chi connectivity index (χ1v) is 8.96. The summed E-state index contributed by atoms with van der Waals surface area (Å²) < 4.78 is 1.76. The van der Waals surface area contributed by atoms with Gasteiger partial charge in [0.2, 0.25) is 5.91 Å². The van der Waals surface area contributed by atoms with Gasteiger partial charge >= 0.3 is 0 Å². The predicted octanol–water partition coefficient (Wildman–Crippen LogP) is 0.816. The monoisotopic (exact) mass is 355 g/mol. The summed E-state index contributed by atoms with van der Waals surface area (Å²) in [6.45, 7) is 4.29. The van der Waals surface area contributed by atoms with E-state index in [9.17, 15) is 9.59 Å². The third kappa shape index (κ3) is 3.94. The van der Waals surface area contributed by atoms with Gasteiger partial charge in [-0.1, -0.05) is 17.7 Å². The van der Waals surface area contributed by atoms with E-state index in [0.29, 0.717) is 31.5 Å². The molecule has 7 nitrogen and oxygen atoms in total. The van der Waals surface area contributed by atoms with Crippen molar-refractivity contribution in [2.45, 2.75) is 25.3 Å². The van der Waals surface area contributed by atoms with E-state index in [1.54, 1.807) is 23.0 Å². The number of carbonyl (C=O) groups is 2. The zero-order valence-electron chi connectivity index (χ0n) is 15.0. The standard InChI is InChI=1S/C19H25N5O2/c1-15-3-5-16(6-4-15)17(25)21-12-13-22-18(26)19(7-10-20-11-8-19)24-14-2-9-23-24/h2-6,9,14,20H,7-8,10-13H2,1H3,(H,21,25)(H,22,26). The Balaban J connectivity index is 1.52. The molecule has 3 rings (SSSR count). The number of rotatable bonds is 6. The highest BCUT2D eigenvalue weighted by Gasteiger charge is 2.41. The van der Waals surface area contributed by atoms with Crippen LogP contribution in [0.1, 0.15) is 28.8 Å². The number of hydrogen-bond donors (Lipinski definition) is 3. The Labute approximate surface area is 153 Å². The van der Waals surface area contributed by atoms with Crippen molar-refractivity contribution in [3.05, 3.63) is 53.9 Å². The van der Waals surface area contributed by atoms with Gasteiger partial charge in [0.25, 0.3) is 5.91 Å². The number of nitrogens with one attached hydrogen (secondary N) is 3. The van der Waals surface area contributed by atoms with Gasteiger partial charge in [0.05, 0.1) is 0 Å². The van der Waals surface area contributed by atoms with Crippen LogP contribution in [0.3, 0.4) is 0 Å².